The molecule has 1 amide bonds. The molecule has 0 atom stereocenters. The number of nitrogens with zero attached hydrogens (tertiary/aromatic N) is 1. The summed E-state index contributed by atoms with van der Waals surface area (Å²) in [6.07, 6.45) is 0.0422. The van der Waals surface area contributed by atoms with E-state index >= 15 is 0 Å². The van der Waals surface area contributed by atoms with E-state index in [0.717, 1.165) is 0 Å². The summed E-state index contributed by atoms with van der Waals surface area (Å²) in [6.45, 7) is 3.84. The zero-order valence-electron chi connectivity index (χ0n) is 12.3. The molecule has 0 aliphatic carbocycles. The number of hydrogen-bond donors (Lipinski definition) is 1. The van der Waals surface area contributed by atoms with Crippen molar-refractivity contribution in [3.8, 4) is 5.75 Å². The SMILES string of the molecule is CC(C)Oc1cccc(NC(=O)c2ccc([N+](=O)[O-])cc2)c1. The van der Waals surface area contributed by atoms with E-state index in [-0.39, 0.29) is 17.7 Å². The first-order valence-electron chi connectivity index (χ1n) is 6.78. The van der Waals surface area contributed by atoms with Gasteiger partial charge in [0.15, 0.2) is 0 Å². The van der Waals surface area contributed by atoms with Crippen molar-refractivity contribution in [1.82, 2.24) is 0 Å². The normalized spacial score (nSPS) is 10.3. The van der Waals surface area contributed by atoms with Crippen LogP contribution in [0.1, 0.15) is 24.2 Å². The van der Waals surface area contributed by atoms with Crippen molar-refractivity contribution in [3.05, 3.63) is 64.2 Å². The number of hydrogen-bond acceptors (Lipinski definition) is 4. The number of nitrogens with one attached hydrogen (secondary N) is 1. The highest BCUT2D eigenvalue weighted by atomic mass is 16.6. The van der Waals surface area contributed by atoms with Crippen molar-refractivity contribution in [3.63, 3.8) is 0 Å². The van der Waals surface area contributed by atoms with Crippen molar-refractivity contribution >= 4 is 17.3 Å². The number of rotatable bonds is 5. The smallest absolute Gasteiger partial charge is 0.269 e. The molecule has 0 heterocycles. The number of ether oxygens (including phenoxy) is 1. The first-order valence-corrected chi connectivity index (χ1v) is 6.78. The summed E-state index contributed by atoms with van der Waals surface area (Å²) >= 11 is 0. The second kappa shape index (κ2) is 6.71. The van der Waals surface area contributed by atoms with Gasteiger partial charge in [-0.1, -0.05) is 6.07 Å². The summed E-state index contributed by atoms with van der Waals surface area (Å²) in [7, 11) is 0. The van der Waals surface area contributed by atoms with E-state index in [1.807, 2.05) is 19.9 Å². The maximum atomic E-state index is 12.1. The lowest BCUT2D eigenvalue weighted by atomic mass is 10.2. The molecule has 0 fully saturated rings. The minimum atomic E-state index is -0.506. The lowest BCUT2D eigenvalue weighted by molar-refractivity contribution is -0.384. The van der Waals surface area contributed by atoms with Gasteiger partial charge in [0, 0.05) is 29.4 Å². The maximum Gasteiger partial charge on any atom is 0.269 e. The minimum Gasteiger partial charge on any atom is -0.491 e. The van der Waals surface area contributed by atoms with Crippen LogP contribution in [-0.2, 0) is 0 Å². The van der Waals surface area contributed by atoms with Crippen LogP contribution in [0, 0.1) is 10.1 Å². The Morgan fingerprint density at radius 3 is 2.45 bits per heavy atom. The van der Waals surface area contributed by atoms with E-state index in [2.05, 4.69) is 5.32 Å². The molecule has 1 N–H and O–H groups in total. The van der Waals surface area contributed by atoms with E-state index in [1.165, 1.54) is 24.3 Å². The number of non-ortho nitro benzene ring substituents is 1. The van der Waals surface area contributed by atoms with Gasteiger partial charge >= 0.3 is 0 Å². The molecule has 0 unspecified atom stereocenters. The van der Waals surface area contributed by atoms with E-state index in [9.17, 15) is 14.9 Å². The monoisotopic (exact) mass is 300 g/mol. The van der Waals surface area contributed by atoms with Gasteiger partial charge in [0.2, 0.25) is 0 Å². The Morgan fingerprint density at radius 1 is 1.18 bits per heavy atom. The Hall–Kier alpha value is -2.89. The molecule has 0 radical (unpaired) electrons. The highest BCUT2D eigenvalue weighted by molar-refractivity contribution is 6.04. The molecule has 114 valence electrons. The van der Waals surface area contributed by atoms with Crippen LogP contribution in [0.3, 0.4) is 0 Å². The lowest BCUT2D eigenvalue weighted by Crippen LogP contribution is -2.12. The Bertz CT molecular complexity index is 681. The molecule has 0 saturated carbocycles. The Morgan fingerprint density at radius 2 is 1.86 bits per heavy atom. The predicted molar refractivity (Wildman–Crippen MR) is 83.3 cm³/mol. The van der Waals surface area contributed by atoms with Gasteiger partial charge in [-0.05, 0) is 38.1 Å². The van der Waals surface area contributed by atoms with Crippen molar-refractivity contribution < 1.29 is 14.5 Å². The molecule has 0 saturated heterocycles. The molecule has 6 nitrogen and oxygen atoms in total. The molecule has 0 aliphatic rings. The van der Waals surface area contributed by atoms with Crippen LogP contribution in [-0.4, -0.2) is 16.9 Å². The van der Waals surface area contributed by atoms with Gasteiger partial charge in [-0.15, -0.1) is 0 Å². The Kier molecular flexibility index (Phi) is 4.73. The van der Waals surface area contributed by atoms with E-state index in [0.29, 0.717) is 17.0 Å². The quantitative estimate of drug-likeness (QED) is 0.675. The number of nitro groups is 1. The molecule has 2 rings (SSSR count). The second-order valence-corrected chi connectivity index (χ2v) is 4.95. The fraction of sp³-hybridized carbons (Fsp3) is 0.188. The summed E-state index contributed by atoms with van der Waals surface area (Å²) in [5.41, 5.74) is 0.895. The standard InChI is InChI=1S/C16H16N2O4/c1-11(2)22-15-5-3-4-13(10-15)17-16(19)12-6-8-14(9-7-12)18(20)21/h3-11H,1-2H3,(H,17,19). The number of carbonyl (C=O) groups is 1. The molecule has 0 aliphatic heterocycles. The van der Waals surface area contributed by atoms with Crippen molar-refractivity contribution in [2.75, 3.05) is 5.32 Å². The topological polar surface area (TPSA) is 81.5 Å². The maximum absolute atomic E-state index is 12.1. The number of amides is 1. The van der Waals surface area contributed by atoms with Gasteiger partial charge in [-0.2, -0.15) is 0 Å². The third-order valence-corrected chi connectivity index (χ3v) is 2.80. The van der Waals surface area contributed by atoms with Crippen LogP contribution in [0.4, 0.5) is 11.4 Å². The molecule has 0 aromatic heterocycles. The van der Waals surface area contributed by atoms with Crippen LogP contribution in [0.25, 0.3) is 0 Å². The predicted octanol–water partition coefficient (Wildman–Crippen LogP) is 3.63. The first-order chi connectivity index (χ1) is 10.5. The summed E-state index contributed by atoms with van der Waals surface area (Å²) in [5.74, 6) is 0.327. The fourth-order valence-electron chi connectivity index (χ4n) is 1.86. The second-order valence-electron chi connectivity index (χ2n) is 4.95. The van der Waals surface area contributed by atoms with Crippen molar-refractivity contribution in [2.24, 2.45) is 0 Å². The fourth-order valence-corrected chi connectivity index (χ4v) is 1.86. The third kappa shape index (κ3) is 4.05. The van der Waals surface area contributed by atoms with Crippen LogP contribution in [0.2, 0.25) is 0 Å². The van der Waals surface area contributed by atoms with Gasteiger partial charge < -0.3 is 10.1 Å². The number of nitro benzene ring substituents is 1. The average Bonchev–Trinajstić information content (AvgIpc) is 2.47. The average molecular weight is 300 g/mol. The zero-order valence-corrected chi connectivity index (χ0v) is 12.3. The van der Waals surface area contributed by atoms with Crippen molar-refractivity contribution in [2.45, 2.75) is 20.0 Å². The van der Waals surface area contributed by atoms with E-state index < -0.39 is 4.92 Å². The van der Waals surface area contributed by atoms with Crippen LogP contribution >= 0.6 is 0 Å². The van der Waals surface area contributed by atoms with Gasteiger partial charge in [0.05, 0.1) is 11.0 Å². The molecule has 2 aromatic rings. The summed E-state index contributed by atoms with van der Waals surface area (Å²) < 4.78 is 5.56. The highest BCUT2D eigenvalue weighted by Crippen LogP contribution is 2.20. The van der Waals surface area contributed by atoms with Gasteiger partial charge in [-0.3, -0.25) is 14.9 Å². The molecular weight excluding hydrogens is 284 g/mol. The number of carbonyl (C=O) groups excluding carboxylic acids is 1. The molecule has 0 spiro atoms. The zero-order chi connectivity index (χ0) is 16.1. The minimum absolute atomic E-state index is 0.0422. The Labute approximate surface area is 127 Å². The van der Waals surface area contributed by atoms with E-state index in [4.69, 9.17) is 4.74 Å². The summed E-state index contributed by atoms with van der Waals surface area (Å²) in [6, 6.07) is 12.5. The van der Waals surface area contributed by atoms with Gasteiger partial charge in [0.1, 0.15) is 5.75 Å². The molecule has 22 heavy (non-hydrogen) atoms. The molecule has 6 heteroatoms. The molecule has 2 aromatic carbocycles. The number of anilines is 1. The van der Waals surface area contributed by atoms with E-state index in [1.54, 1.807) is 18.2 Å². The van der Waals surface area contributed by atoms with Crippen LogP contribution < -0.4 is 10.1 Å². The van der Waals surface area contributed by atoms with Gasteiger partial charge in [-0.25, -0.2) is 0 Å². The van der Waals surface area contributed by atoms with Crippen LogP contribution in [0.15, 0.2) is 48.5 Å². The lowest BCUT2D eigenvalue weighted by Gasteiger charge is -2.11. The van der Waals surface area contributed by atoms with Gasteiger partial charge in [0.25, 0.3) is 11.6 Å². The third-order valence-electron chi connectivity index (χ3n) is 2.80. The van der Waals surface area contributed by atoms with Crippen molar-refractivity contribution in [1.29, 1.82) is 0 Å². The first kappa shape index (κ1) is 15.5. The largest absolute Gasteiger partial charge is 0.491 e. The van der Waals surface area contributed by atoms with Crippen LogP contribution in [0.5, 0.6) is 5.75 Å². The summed E-state index contributed by atoms with van der Waals surface area (Å²) in [5, 5.41) is 13.3. The Balaban J connectivity index is 2.09. The molecular formula is C16H16N2O4. The number of benzene rings is 2. The highest BCUT2D eigenvalue weighted by Gasteiger charge is 2.10. The molecule has 0 bridgehead atoms. The summed E-state index contributed by atoms with van der Waals surface area (Å²) in [4.78, 5) is 22.2.